The molecule has 2 aromatic carbocycles. The number of nitro groups is 1. The predicted octanol–water partition coefficient (Wildman–Crippen LogP) is 4.16. The van der Waals surface area contributed by atoms with Gasteiger partial charge in [0.25, 0.3) is 17.5 Å². The Kier molecular flexibility index (Phi) is 6.55. The number of nitrogens with one attached hydrogen (secondary N) is 2. The third-order valence-electron chi connectivity index (χ3n) is 5.87. The number of primary amides is 1. The second-order valence-electron chi connectivity index (χ2n) is 7.99. The standard InChI is InChI=1S/C23H22BrN5O4/c24-14-9-16(22(25)30)21(20(10-14)29(32)33)27-18-7-3-4-8-19(18)28-23(31)17-12-26-11-13-5-1-2-6-15(13)17/h1-2,5-6,9-12,18-19,27H,3-4,7-8H2,(H2,25,30)(H,28,31)/t18-,19+/m1/s1. The number of aromatic nitrogens is 1. The highest BCUT2D eigenvalue weighted by Crippen LogP contribution is 2.35. The summed E-state index contributed by atoms with van der Waals surface area (Å²) >= 11 is 3.20. The van der Waals surface area contributed by atoms with Gasteiger partial charge in [-0.2, -0.15) is 0 Å². The SMILES string of the molecule is NC(=O)c1cc(Br)cc([N+](=O)[O-])c1N[C@@H]1CCCC[C@@H]1NC(=O)c1cncc2ccccc12. The van der Waals surface area contributed by atoms with Crippen molar-refractivity contribution in [2.45, 2.75) is 37.8 Å². The summed E-state index contributed by atoms with van der Waals surface area (Å²) in [6.45, 7) is 0. The monoisotopic (exact) mass is 511 g/mol. The summed E-state index contributed by atoms with van der Waals surface area (Å²) in [5.41, 5.74) is 5.79. The van der Waals surface area contributed by atoms with Crippen LogP contribution in [0.25, 0.3) is 10.8 Å². The number of pyridine rings is 1. The van der Waals surface area contributed by atoms with Gasteiger partial charge in [0.15, 0.2) is 0 Å². The molecule has 4 rings (SSSR count). The highest BCUT2D eigenvalue weighted by Gasteiger charge is 2.31. The molecule has 9 nitrogen and oxygen atoms in total. The van der Waals surface area contributed by atoms with Crippen LogP contribution in [0.3, 0.4) is 0 Å². The Balaban J connectivity index is 1.63. The molecule has 0 saturated heterocycles. The third-order valence-corrected chi connectivity index (χ3v) is 6.33. The summed E-state index contributed by atoms with van der Waals surface area (Å²) in [4.78, 5) is 40.5. The number of hydrogen-bond acceptors (Lipinski definition) is 6. The molecule has 1 heterocycles. The molecule has 33 heavy (non-hydrogen) atoms. The number of carbonyl (C=O) groups is 2. The highest BCUT2D eigenvalue weighted by atomic mass is 79.9. The molecule has 1 aliphatic rings. The molecule has 170 valence electrons. The smallest absolute Gasteiger partial charge is 0.294 e. The van der Waals surface area contributed by atoms with E-state index < -0.39 is 10.8 Å². The maximum absolute atomic E-state index is 13.2. The summed E-state index contributed by atoms with van der Waals surface area (Å²) in [5.74, 6) is -1.04. The van der Waals surface area contributed by atoms with Crippen molar-refractivity contribution < 1.29 is 14.5 Å². The molecule has 1 fully saturated rings. The molecule has 0 aliphatic heterocycles. The van der Waals surface area contributed by atoms with Gasteiger partial charge in [-0.3, -0.25) is 24.7 Å². The molecule has 2 atom stereocenters. The Morgan fingerprint density at radius 3 is 2.55 bits per heavy atom. The molecule has 4 N–H and O–H groups in total. The Bertz CT molecular complexity index is 1210. The Hall–Kier alpha value is -3.53. The molecule has 2 amide bonds. The first-order valence-electron chi connectivity index (χ1n) is 10.5. The fourth-order valence-electron chi connectivity index (χ4n) is 4.29. The second kappa shape index (κ2) is 9.53. The van der Waals surface area contributed by atoms with E-state index in [0.717, 1.165) is 23.6 Å². The van der Waals surface area contributed by atoms with Gasteiger partial charge < -0.3 is 16.4 Å². The first kappa shape index (κ1) is 22.7. The highest BCUT2D eigenvalue weighted by molar-refractivity contribution is 9.10. The van der Waals surface area contributed by atoms with E-state index in [1.54, 1.807) is 6.20 Å². The average molecular weight is 512 g/mol. The van der Waals surface area contributed by atoms with Gasteiger partial charge in [0.05, 0.1) is 16.1 Å². The van der Waals surface area contributed by atoms with Gasteiger partial charge in [-0.25, -0.2) is 0 Å². The second-order valence-corrected chi connectivity index (χ2v) is 8.91. The first-order chi connectivity index (χ1) is 15.8. The fraction of sp³-hybridized carbons (Fsp3) is 0.261. The zero-order chi connectivity index (χ0) is 23.5. The van der Waals surface area contributed by atoms with Crippen LogP contribution in [0.4, 0.5) is 11.4 Å². The van der Waals surface area contributed by atoms with Gasteiger partial charge in [-0.05, 0) is 24.3 Å². The minimum atomic E-state index is -0.778. The number of benzene rings is 2. The molecular weight excluding hydrogens is 490 g/mol. The van der Waals surface area contributed by atoms with Crippen molar-refractivity contribution in [3.63, 3.8) is 0 Å². The van der Waals surface area contributed by atoms with Crippen LogP contribution in [0.5, 0.6) is 0 Å². The lowest BCUT2D eigenvalue weighted by Crippen LogP contribution is -2.48. The molecule has 3 aromatic rings. The van der Waals surface area contributed by atoms with Crippen LogP contribution >= 0.6 is 15.9 Å². The summed E-state index contributed by atoms with van der Waals surface area (Å²) in [6, 6.07) is 9.67. The topological polar surface area (TPSA) is 140 Å². The number of carbonyl (C=O) groups excluding carboxylic acids is 2. The van der Waals surface area contributed by atoms with Crippen LogP contribution in [0.1, 0.15) is 46.4 Å². The number of rotatable bonds is 6. The van der Waals surface area contributed by atoms with E-state index in [1.165, 1.54) is 18.3 Å². The minimum absolute atomic E-state index is 0.0185. The Morgan fingerprint density at radius 2 is 1.82 bits per heavy atom. The number of halogens is 1. The Labute approximate surface area is 198 Å². The summed E-state index contributed by atoms with van der Waals surface area (Å²) in [6.07, 6.45) is 6.39. The molecule has 0 radical (unpaired) electrons. The quantitative estimate of drug-likeness (QED) is 0.335. The van der Waals surface area contributed by atoms with Crippen LogP contribution in [0.2, 0.25) is 0 Å². The lowest BCUT2D eigenvalue weighted by molar-refractivity contribution is -0.384. The largest absolute Gasteiger partial charge is 0.374 e. The van der Waals surface area contributed by atoms with Crippen molar-refractivity contribution in [1.29, 1.82) is 0 Å². The van der Waals surface area contributed by atoms with Crippen LogP contribution in [-0.4, -0.2) is 33.8 Å². The summed E-state index contributed by atoms with van der Waals surface area (Å²) in [5, 5.41) is 19.6. The summed E-state index contributed by atoms with van der Waals surface area (Å²) in [7, 11) is 0. The van der Waals surface area contributed by atoms with Crippen LogP contribution in [0.15, 0.2) is 53.3 Å². The molecule has 0 bridgehead atoms. The molecule has 0 unspecified atom stereocenters. The van der Waals surface area contributed by atoms with Crippen molar-refractivity contribution in [2.24, 2.45) is 5.73 Å². The number of amides is 2. The molecule has 10 heteroatoms. The zero-order valence-electron chi connectivity index (χ0n) is 17.6. The van der Waals surface area contributed by atoms with Crippen LogP contribution in [-0.2, 0) is 0 Å². The van der Waals surface area contributed by atoms with E-state index in [9.17, 15) is 19.7 Å². The van der Waals surface area contributed by atoms with Gasteiger partial charge in [-0.1, -0.05) is 53.0 Å². The minimum Gasteiger partial charge on any atom is -0.374 e. The maximum Gasteiger partial charge on any atom is 0.294 e. The lowest BCUT2D eigenvalue weighted by atomic mass is 9.89. The van der Waals surface area contributed by atoms with E-state index in [1.807, 2.05) is 24.3 Å². The number of nitrogens with two attached hydrogens (primary N) is 1. The van der Waals surface area contributed by atoms with E-state index >= 15 is 0 Å². The van der Waals surface area contributed by atoms with E-state index in [2.05, 4.69) is 31.5 Å². The van der Waals surface area contributed by atoms with Crippen molar-refractivity contribution in [2.75, 3.05) is 5.32 Å². The number of fused-ring (bicyclic) bond motifs is 1. The third kappa shape index (κ3) is 4.80. The number of anilines is 1. The van der Waals surface area contributed by atoms with Crippen LogP contribution < -0.4 is 16.4 Å². The molecular formula is C23H22BrN5O4. The van der Waals surface area contributed by atoms with E-state index in [-0.39, 0.29) is 34.9 Å². The van der Waals surface area contributed by atoms with Gasteiger partial charge in [0.2, 0.25) is 0 Å². The molecule has 1 aliphatic carbocycles. The maximum atomic E-state index is 13.2. The molecule has 1 saturated carbocycles. The lowest BCUT2D eigenvalue weighted by Gasteiger charge is -2.33. The van der Waals surface area contributed by atoms with E-state index in [4.69, 9.17) is 5.73 Å². The number of nitro benzene ring substituents is 1. The fourth-order valence-corrected chi connectivity index (χ4v) is 4.73. The average Bonchev–Trinajstić information content (AvgIpc) is 2.80. The zero-order valence-corrected chi connectivity index (χ0v) is 19.2. The van der Waals surface area contributed by atoms with Crippen molar-refractivity contribution in [3.8, 4) is 0 Å². The van der Waals surface area contributed by atoms with Crippen molar-refractivity contribution in [1.82, 2.24) is 10.3 Å². The first-order valence-corrected chi connectivity index (χ1v) is 11.3. The number of nitrogens with zero attached hydrogens (tertiary/aromatic N) is 2. The van der Waals surface area contributed by atoms with Gasteiger partial charge in [-0.15, -0.1) is 0 Å². The molecule has 0 spiro atoms. The molecule has 1 aromatic heterocycles. The summed E-state index contributed by atoms with van der Waals surface area (Å²) < 4.78 is 0.380. The Morgan fingerprint density at radius 1 is 1.09 bits per heavy atom. The van der Waals surface area contributed by atoms with E-state index in [0.29, 0.717) is 22.9 Å². The normalized spacial score (nSPS) is 18.0. The van der Waals surface area contributed by atoms with Crippen LogP contribution in [0, 0.1) is 10.1 Å². The van der Waals surface area contributed by atoms with Crippen molar-refractivity contribution in [3.05, 3.63) is 74.5 Å². The van der Waals surface area contributed by atoms with Crippen molar-refractivity contribution >= 4 is 49.9 Å². The number of hydrogen-bond donors (Lipinski definition) is 3. The van der Waals surface area contributed by atoms with Gasteiger partial charge >= 0.3 is 0 Å². The van der Waals surface area contributed by atoms with Gasteiger partial charge in [0, 0.05) is 40.4 Å². The predicted molar refractivity (Wildman–Crippen MR) is 128 cm³/mol. The van der Waals surface area contributed by atoms with Gasteiger partial charge in [0.1, 0.15) is 5.69 Å².